The van der Waals surface area contributed by atoms with Gasteiger partial charge in [0.2, 0.25) is 0 Å². The van der Waals surface area contributed by atoms with Gasteiger partial charge in [0.25, 0.3) is 5.91 Å². The lowest BCUT2D eigenvalue weighted by Gasteiger charge is -2.28. The summed E-state index contributed by atoms with van der Waals surface area (Å²) in [5.41, 5.74) is 3.25. The molecule has 0 bridgehead atoms. The zero-order valence-corrected chi connectivity index (χ0v) is 18.0. The molecule has 0 fully saturated rings. The Kier molecular flexibility index (Phi) is 6.58. The zero-order valence-electron chi connectivity index (χ0n) is 18.0. The van der Waals surface area contributed by atoms with Crippen molar-refractivity contribution < 1.29 is 14.3 Å². The Hall–Kier alpha value is -2.53. The summed E-state index contributed by atoms with van der Waals surface area (Å²) in [6, 6.07) is 14.1. The molecule has 0 saturated heterocycles. The molecule has 0 saturated carbocycles. The van der Waals surface area contributed by atoms with Gasteiger partial charge in [0.15, 0.2) is 11.5 Å². The van der Waals surface area contributed by atoms with Crippen molar-refractivity contribution in [3.8, 4) is 11.5 Å². The average molecular weight is 409 g/mol. The van der Waals surface area contributed by atoms with Gasteiger partial charge in [0.1, 0.15) is 6.10 Å². The van der Waals surface area contributed by atoms with E-state index in [0.717, 1.165) is 74.5 Å². The van der Waals surface area contributed by atoms with Gasteiger partial charge in [0.05, 0.1) is 6.10 Å². The van der Waals surface area contributed by atoms with Gasteiger partial charge in [-0.05, 0) is 69.3 Å². The third-order valence-electron chi connectivity index (χ3n) is 5.74. The molecular formula is C25H32N2O3. The van der Waals surface area contributed by atoms with Crippen LogP contribution < -0.4 is 14.8 Å². The van der Waals surface area contributed by atoms with Crippen LogP contribution >= 0.6 is 0 Å². The van der Waals surface area contributed by atoms with E-state index in [1.807, 2.05) is 49.1 Å². The zero-order chi connectivity index (χ0) is 20.9. The summed E-state index contributed by atoms with van der Waals surface area (Å²) in [5.74, 6) is 1.94. The molecule has 2 aromatic carbocycles. The fraction of sp³-hybridized carbons (Fsp3) is 0.480. The molecule has 2 heterocycles. The molecule has 1 amide bonds. The van der Waals surface area contributed by atoms with Gasteiger partial charge in [0, 0.05) is 25.2 Å². The van der Waals surface area contributed by atoms with Gasteiger partial charge < -0.3 is 19.7 Å². The molecule has 2 aromatic rings. The number of aryl methyl sites for hydroxylation is 1. The van der Waals surface area contributed by atoms with Crippen LogP contribution in [-0.2, 0) is 13.0 Å². The van der Waals surface area contributed by atoms with Crippen molar-refractivity contribution in [2.75, 3.05) is 19.6 Å². The minimum atomic E-state index is 0.133. The SMILES string of the molecule is CC(C)Oc1cccc2c1O[C@@H](CNCCCCN1Cc3ccccc3C1=O)CC2. The van der Waals surface area contributed by atoms with Crippen molar-refractivity contribution in [1.29, 1.82) is 0 Å². The molecule has 1 N–H and O–H groups in total. The van der Waals surface area contributed by atoms with Gasteiger partial charge >= 0.3 is 0 Å². The van der Waals surface area contributed by atoms with Crippen LogP contribution in [0.2, 0.25) is 0 Å². The largest absolute Gasteiger partial charge is 0.487 e. The van der Waals surface area contributed by atoms with E-state index in [0.29, 0.717) is 0 Å². The maximum atomic E-state index is 12.4. The van der Waals surface area contributed by atoms with E-state index in [2.05, 4.69) is 17.4 Å². The predicted molar refractivity (Wildman–Crippen MR) is 118 cm³/mol. The second-order valence-corrected chi connectivity index (χ2v) is 8.48. The maximum absolute atomic E-state index is 12.4. The number of hydrogen-bond donors (Lipinski definition) is 1. The van der Waals surface area contributed by atoms with Crippen molar-refractivity contribution in [2.45, 2.75) is 58.3 Å². The van der Waals surface area contributed by atoms with Gasteiger partial charge in [-0.2, -0.15) is 0 Å². The van der Waals surface area contributed by atoms with Crippen molar-refractivity contribution >= 4 is 5.91 Å². The number of fused-ring (bicyclic) bond motifs is 2. The van der Waals surface area contributed by atoms with Crippen LogP contribution in [0.5, 0.6) is 11.5 Å². The van der Waals surface area contributed by atoms with Crippen LogP contribution in [0, 0.1) is 0 Å². The minimum Gasteiger partial charge on any atom is -0.487 e. The number of para-hydroxylation sites is 1. The monoisotopic (exact) mass is 408 g/mol. The van der Waals surface area contributed by atoms with Crippen LogP contribution in [-0.4, -0.2) is 42.6 Å². The fourth-order valence-corrected chi connectivity index (χ4v) is 4.24. The highest BCUT2D eigenvalue weighted by Crippen LogP contribution is 2.37. The molecule has 0 unspecified atom stereocenters. The topological polar surface area (TPSA) is 50.8 Å². The normalized spacial score (nSPS) is 17.6. The van der Waals surface area contributed by atoms with Crippen LogP contribution in [0.3, 0.4) is 0 Å². The maximum Gasteiger partial charge on any atom is 0.254 e. The Morgan fingerprint density at radius 2 is 1.97 bits per heavy atom. The minimum absolute atomic E-state index is 0.133. The van der Waals surface area contributed by atoms with Crippen molar-refractivity contribution in [1.82, 2.24) is 10.2 Å². The molecule has 1 atom stereocenters. The summed E-state index contributed by atoms with van der Waals surface area (Å²) in [6.45, 7) is 7.41. The molecule has 2 aliphatic heterocycles. The Bertz CT molecular complexity index is 880. The van der Waals surface area contributed by atoms with Crippen LogP contribution in [0.15, 0.2) is 42.5 Å². The third-order valence-corrected chi connectivity index (χ3v) is 5.74. The lowest BCUT2D eigenvalue weighted by atomic mass is 10.0. The van der Waals surface area contributed by atoms with Gasteiger partial charge in [-0.3, -0.25) is 4.79 Å². The van der Waals surface area contributed by atoms with Crippen LogP contribution in [0.4, 0.5) is 0 Å². The third kappa shape index (κ3) is 4.78. The molecule has 30 heavy (non-hydrogen) atoms. The first kappa shape index (κ1) is 20.7. The van der Waals surface area contributed by atoms with Crippen molar-refractivity contribution in [2.24, 2.45) is 0 Å². The quantitative estimate of drug-likeness (QED) is 0.632. The van der Waals surface area contributed by atoms with E-state index < -0.39 is 0 Å². The summed E-state index contributed by atoms with van der Waals surface area (Å²) in [4.78, 5) is 14.4. The number of carbonyl (C=O) groups is 1. The molecule has 5 heteroatoms. The van der Waals surface area contributed by atoms with E-state index in [1.165, 1.54) is 5.56 Å². The molecule has 0 aliphatic carbocycles. The summed E-state index contributed by atoms with van der Waals surface area (Å²) < 4.78 is 12.2. The Balaban J connectivity index is 1.17. The number of benzene rings is 2. The molecule has 5 nitrogen and oxygen atoms in total. The molecule has 0 radical (unpaired) electrons. The molecule has 0 spiro atoms. The first-order valence-corrected chi connectivity index (χ1v) is 11.1. The lowest BCUT2D eigenvalue weighted by molar-refractivity contribution is 0.0775. The number of carbonyl (C=O) groups excluding carboxylic acids is 1. The van der Waals surface area contributed by atoms with Crippen LogP contribution in [0.25, 0.3) is 0 Å². The van der Waals surface area contributed by atoms with Gasteiger partial charge in [-0.1, -0.05) is 30.3 Å². The van der Waals surface area contributed by atoms with E-state index in [9.17, 15) is 4.79 Å². The molecule has 2 aliphatic rings. The Morgan fingerprint density at radius 3 is 2.80 bits per heavy atom. The summed E-state index contributed by atoms with van der Waals surface area (Å²) in [5, 5.41) is 3.53. The smallest absolute Gasteiger partial charge is 0.254 e. The van der Waals surface area contributed by atoms with Crippen molar-refractivity contribution in [3.05, 3.63) is 59.2 Å². The number of nitrogens with one attached hydrogen (secondary N) is 1. The molecule has 160 valence electrons. The standard InChI is InChI=1S/C25H32N2O3/c1-18(2)29-23-11-7-9-19-12-13-21(30-24(19)23)16-26-14-5-6-15-27-17-20-8-3-4-10-22(20)25(27)28/h3-4,7-11,18,21,26H,5-6,12-17H2,1-2H3/t21-/m1/s1. The highest BCUT2D eigenvalue weighted by molar-refractivity contribution is 5.98. The number of unbranched alkanes of at least 4 members (excludes halogenated alkanes) is 1. The fourth-order valence-electron chi connectivity index (χ4n) is 4.24. The van der Waals surface area contributed by atoms with E-state index in [1.54, 1.807) is 0 Å². The Labute approximate surface area is 179 Å². The number of nitrogens with zero attached hydrogens (tertiary/aromatic N) is 1. The van der Waals surface area contributed by atoms with E-state index in [4.69, 9.17) is 9.47 Å². The van der Waals surface area contributed by atoms with Gasteiger partial charge in [-0.15, -0.1) is 0 Å². The molecule has 0 aromatic heterocycles. The summed E-state index contributed by atoms with van der Waals surface area (Å²) in [6.07, 6.45) is 4.40. The summed E-state index contributed by atoms with van der Waals surface area (Å²) in [7, 11) is 0. The lowest BCUT2D eigenvalue weighted by Crippen LogP contribution is -2.35. The summed E-state index contributed by atoms with van der Waals surface area (Å²) >= 11 is 0. The van der Waals surface area contributed by atoms with Gasteiger partial charge in [-0.25, -0.2) is 0 Å². The second kappa shape index (κ2) is 9.52. The first-order valence-electron chi connectivity index (χ1n) is 11.1. The molecular weight excluding hydrogens is 376 g/mol. The highest BCUT2D eigenvalue weighted by atomic mass is 16.5. The number of hydrogen-bond acceptors (Lipinski definition) is 4. The highest BCUT2D eigenvalue weighted by Gasteiger charge is 2.26. The van der Waals surface area contributed by atoms with E-state index in [-0.39, 0.29) is 18.1 Å². The number of rotatable bonds is 9. The number of ether oxygens (including phenoxy) is 2. The average Bonchev–Trinajstić information content (AvgIpc) is 3.06. The van der Waals surface area contributed by atoms with Crippen molar-refractivity contribution in [3.63, 3.8) is 0 Å². The van der Waals surface area contributed by atoms with Crippen LogP contribution in [0.1, 0.15) is 54.6 Å². The van der Waals surface area contributed by atoms with E-state index >= 15 is 0 Å². The second-order valence-electron chi connectivity index (χ2n) is 8.48. The molecule has 4 rings (SSSR count). The first-order chi connectivity index (χ1) is 14.6. The Morgan fingerprint density at radius 1 is 1.13 bits per heavy atom. The number of amides is 1. The predicted octanol–water partition coefficient (Wildman–Crippen LogP) is 4.19.